The molecular weight excluding hydrogens is 243 g/mol. The first-order valence-corrected chi connectivity index (χ1v) is 6.00. The predicted molar refractivity (Wildman–Crippen MR) is 70.4 cm³/mol. The Labute approximate surface area is 109 Å². The lowest BCUT2D eigenvalue weighted by molar-refractivity contribution is 0.628. The molecule has 0 bridgehead atoms. The number of aryl methyl sites for hydroxylation is 3. The number of benzene rings is 1. The fourth-order valence-corrected chi connectivity index (χ4v) is 2.34. The average molecular weight is 256 g/mol. The number of nitrogens with zero attached hydrogens (tertiary/aromatic N) is 4. The number of rotatable bonds is 1. The van der Waals surface area contributed by atoms with Crippen LogP contribution in [0.15, 0.2) is 24.7 Å². The van der Waals surface area contributed by atoms with Crippen molar-refractivity contribution in [2.75, 3.05) is 0 Å². The van der Waals surface area contributed by atoms with Crippen molar-refractivity contribution in [3.63, 3.8) is 0 Å². The van der Waals surface area contributed by atoms with E-state index in [0.29, 0.717) is 11.3 Å². The molecule has 0 saturated heterocycles. The topological polar surface area (TPSA) is 43.1 Å². The maximum Gasteiger partial charge on any atom is 0.252 e. The van der Waals surface area contributed by atoms with Crippen LogP contribution in [0.5, 0.6) is 0 Å². The van der Waals surface area contributed by atoms with Crippen molar-refractivity contribution in [1.29, 1.82) is 0 Å². The second-order valence-electron chi connectivity index (χ2n) is 4.68. The summed E-state index contributed by atoms with van der Waals surface area (Å²) in [5.41, 5.74) is 3.86. The van der Waals surface area contributed by atoms with E-state index in [1.54, 1.807) is 10.7 Å². The van der Waals surface area contributed by atoms with Crippen LogP contribution in [0.1, 0.15) is 16.8 Å². The Morgan fingerprint density at radius 1 is 1.16 bits per heavy atom. The minimum Gasteiger partial charge on any atom is -0.216 e. The zero-order valence-corrected chi connectivity index (χ0v) is 11.0. The molecule has 0 atom stereocenters. The van der Waals surface area contributed by atoms with Crippen LogP contribution in [0.2, 0.25) is 0 Å². The van der Waals surface area contributed by atoms with Crippen molar-refractivity contribution in [1.82, 2.24) is 19.6 Å². The van der Waals surface area contributed by atoms with Crippen LogP contribution in [0.4, 0.5) is 4.39 Å². The zero-order chi connectivity index (χ0) is 13.6. The van der Waals surface area contributed by atoms with Crippen molar-refractivity contribution in [2.24, 2.45) is 0 Å². The van der Waals surface area contributed by atoms with Gasteiger partial charge >= 0.3 is 0 Å². The molecule has 3 rings (SSSR count). The predicted octanol–water partition coefficient (Wildman–Crippen LogP) is 2.86. The molecule has 0 N–H and O–H groups in total. The van der Waals surface area contributed by atoms with E-state index >= 15 is 0 Å². The molecule has 96 valence electrons. The van der Waals surface area contributed by atoms with E-state index in [9.17, 15) is 4.39 Å². The Hall–Kier alpha value is -2.30. The van der Waals surface area contributed by atoms with Crippen molar-refractivity contribution in [3.05, 3.63) is 47.3 Å². The molecule has 3 aromatic rings. The second kappa shape index (κ2) is 4.12. The molecule has 5 heteroatoms. The maximum atomic E-state index is 14.2. The van der Waals surface area contributed by atoms with Gasteiger partial charge in [0.05, 0.1) is 5.69 Å². The van der Waals surface area contributed by atoms with E-state index in [4.69, 9.17) is 0 Å². The minimum absolute atomic E-state index is 0.234. The number of fused-ring (bicyclic) bond motifs is 1. The quantitative estimate of drug-likeness (QED) is 0.672. The van der Waals surface area contributed by atoms with Gasteiger partial charge in [0.25, 0.3) is 5.78 Å². The fraction of sp³-hybridized carbons (Fsp3) is 0.214. The van der Waals surface area contributed by atoms with Crippen molar-refractivity contribution in [2.45, 2.75) is 20.8 Å². The Bertz CT molecular complexity index is 753. The molecule has 0 unspecified atom stereocenters. The molecule has 0 amide bonds. The summed E-state index contributed by atoms with van der Waals surface area (Å²) in [6.45, 7) is 5.63. The molecule has 0 aliphatic rings. The molecule has 2 heterocycles. The molecule has 0 saturated carbocycles. The summed E-state index contributed by atoms with van der Waals surface area (Å²) in [6, 6.07) is 3.50. The summed E-state index contributed by atoms with van der Waals surface area (Å²) in [7, 11) is 0. The van der Waals surface area contributed by atoms with Gasteiger partial charge in [0.2, 0.25) is 0 Å². The van der Waals surface area contributed by atoms with E-state index in [-0.39, 0.29) is 5.82 Å². The monoisotopic (exact) mass is 256 g/mol. The Balaban J connectivity index is 2.32. The third-order valence-corrected chi connectivity index (χ3v) is 3.16. The molecule has 19 heavy (non-hydrogen) atoms. The van der Waals surface area contributed by atoms with Crippen LogP contribution in [0.3, 0.4) is 0 Å². The molecule has 2 aromatic heterocycles. The van der Waals surface area contributed by atoms with Crippen molar-refractivity contribution in [3.8, 4) is 11.1 Å². The van der Waals surface area contributed by atoms with Gasteiger partial charge in [-0.05, 0) is 38.0 Å². The Morgan fingerprint density at radius 2 is 1.95 bits per heavy atom. The molecule has 0 spiro atoms. The standard InChI is InChI=1S/C14H13FN4/c1-8-4-9(2)13(12(15)5-8)11-6-19-14(16-7-17-19)18-10(11)3/h4-7H,1-3H3. The number of aromatic nitrogens is 4. The highest BCUT2D eigenvalue weighted by atomic mass is 19.1. The molecule has 0 fully saturated rings. The van der Waals surface area contributed by atoms with Crippen LogP contribution < -0.4 is 0 Å². The van der Waals surface area contributed by atoms with E-state index in [2.05, 4.69) is 15.1 Å². The normalized spacial score (nSPS) is 11.2. The van der Waals surface area contributed by atoms with Crippen LogP contribution >= 0.6 is 0 Å². The smallest absolute Gasteiger partial charge is 0.216 e. The van der Waals surface area contributed by atoms with Gasteiger partial charge in [0.1, 0.15) is 12.1 Å². The highest BCUT2D eigenvalue weighted by Gasteiger charge is 2.14. The summed E-state index contributed by atoms with van der Waals surface area (Å²) in [5.74, 6) is 0.285. The number of hydrogen-bond donors (Lipinski definition) is 0. The summed E-state index contributed by atoms with van der Waals surface area (Å²) < 4.78 is 15.8. The Morgan fingerprint density at radius 3 is 2.68 bits per heavy atom. The second-order valence-corrected chi connectivity index (χ2v) is 4.68. The maximum absolute atomic E-state index is 14.2. The average Bonchev–Trinajstić information content (AvgIpc) is 2.74. The first-order valence-electron chi connectivity index (χ1n) is 6.00. The highest BCUT2D eigenvalue weighted by molar-refractivity contribution is 5.70. The molecule has 1 aromatic carbocycles. The van der Waals surface area contributed by atoms with Gasteiger partial charge in [-0.3, -0.25) is 0 Å². The largest absolute Gasteiger partial charge is 0.252 e. The van der Waals surface area contributed by atoms with Gasteiger partial charge in [-0.1, -0.05) is 6.07 Å². The van der Waals surface area contributed by atoms with Crippen LogP contribution in [0, 0.1) is 26.6 Å². The number of halogens is 1. The van der Waals surface area contributed by atoms with Crippen molar-refractivity contribution >= 4 is 5.78 Å². The molecule has 0 aliphatic heterocycles. The first kappa shape index (κ1) is 11.8. The molecular formula is C14H13FN4. The molecule has 0 aliphatic carbocycles. The highest BCUT2D eigenvalue weighted by Crippen LogP contribution is 2.29. The third kappa shape index (κ3) is 1.87. The van der Waals surface area contributed by atoms with E-state index in [1.807, 2.05) is 26.8 Å². The summed E-state index contributed by atoms with van der Waals surface area (Å²) in [5, 5.41) is 4.04. The summed E-state index contributed by atoms with van der Waals surface area (Å²) >= 11 is 0. The van der Waals surface area contributed by atoms with Gasteiger partial charge in [0.15, 0.2) is 0 Å². The Kier molecular flexibility index (Phi) is 2.55. The SMILES string of the molecule is Cc1cc(C)c(-c2cn3ncnc3nc2C)c(F)c1. The summed E-state index contributed by atoms with van der Waals surface area (Å²) in [4.78, 5) is 8.36. The van der Waals surface area contributed by atoms with E-state index < -0.39 is 0 Å². The lowest BCUT2D eigenvalue weighted by Gasteiger charge is -2.11. The van der Waals surface area contributed by atoms with E-state index in [0.717, 1.165) is 22.4 Å². The van der Waals surface area contributed by atoms with Crippen LogP contribution in [0.25, 0.3) is 16.9 Å². The third-order valence-electron chi connectivity index (χ3n) is 3.16. The van der Waals surface area contributed by atoms with Gasteiger partial charge in [-0.25, -0.2) is 13.9 Å². The van der Waals surface area contributed by atoms with Gasteiger partial charge in [-0.15, -0.1) is 0 Å². The molecule has 4 nitrogen and oxygen atoms in total. The van der Waals surface area contributed by atoms with Crippen LogP contribution in [-0.2, 0) is 0 Å². The first-order chi connectivity index (χ1) is 9.06. The number of hydrogen-bond acceptors (Lipinski definition) is 3. The van der Waals surface area contributed by atoms with Gasteiger partial charge in [-0.2, -0.15) is 10.1 Å². The fourth-order valence-electron chi connectivity index (χ4n) is 2.34. The van der Waals surface area contributed by atoms with Crippen LogP contribution in [-0.4, -0.2) is 19.6 Å². The molecule has 0 radical (unpaired) electrons. The van der Waals surface area contributed by atoms with Gasteiger partial charge in [0, 0.05) is 17.3 Å². The lowest BCUT2D eigenvalue weighted by atomic mass is 9.98. The van der Waals surface area contributed by atoms with Gasteiger partial charge < -0.3 is 0 Å². The zero-order valence-electron chi connectivity index (χ0n) is 11.0. The van der Waals surface area contributed by atoms with Crippen molar-refractivity contribution < 1.29 is 4.39 Å². The summed E-state index contributed by atoms with van der Waals surface area (Å²) in [6.07, 6.45) is 3.20. The van der Waals surface area contributed by atoms with E-state index in [1.165, 1.54) is 12.4 Å². The minimum atomic E-state index is -0.234. The lowest BCUT2D eigenvalue weighted by Crippen LogP contribution is -2.00.